The number of hydrogen-bond donors (Lipinski definition) is 1. The van der Waals surface area contributed by atoms with Gasteiger partial charge in [0.15, 0.2) is 12.4 Å². The number of amides is 1. The van der Waals surface area contributed by atoms with Gasteiger partial charge in [-0.2, -0.15) is 0 Å². The summed E-state index contributed by atoms with van der Waals surface area (Å²) in [6.07, 6.45) is 0. The highest BCUT2D eigenvalue weighted by molar-refractivity contribution is 9.10. The van der Waals surface area contributed by atoms with Gasteiger partial charge in [0.1, 0.15) is 5.75 Å². The zero-order valence-corrected chi connectivity index (χ0v) is 17.3. The monoisotopic (exact) mass is 455 g/mol. The van der Waals surface area contributed by atoms with Crippen LogP contribution in [0.1, 0.15) is 10.4 Å². The number of Topliss-reactive ketones (excluding diaryl/α,β-unsaturated/α-hetero) is 1. The third-order valence-corrected chi connectivity index (χ3v) is 5.29. The van der Waals surface area contributed by atoms with E-state index in [0.717, 1.165) is 9.37 Å². The number of hydrogen-bond acceptors (Lipinski definition) is 4. The first-order valence-electron chi connectivity index (χ1n) is 8.59. The number of ether oxygens (including phenoxy) is 1. The molecule has 28 heavy (non-hydrogen) atoms. The van der Waals surface area contributed by atoms with Crippen molar-refractivity contribution in [1.29, 1.82) is 0 Å². The Kier molecular flexibility index (Phi) is 7.28. The van der Waals surface area contributed by atoms with Crippen LogP contribution >= 0.6 is 27.7 Å². The second-order valence-corrected chi connectivity index (χ2v) is 7.86. The molecule has 6 heteroatoms. The highest BCUT2D eigenvalue weighted by Crippen LogP contribution is 2.23. The normalized spacial score (nSPS) is 10.3. The molecule has 3 aromatic rings. The molecule has 0 aliphatic rings. The number of carbonyl (C=O) groups excluding carboxylic acids is 2. The maximum Gasteiger partial charge on any atom is 0.262 e. The van der Waals surface area contributed by atoms with Gasteiger partial charge in [0.05, 0.1) is 5.75 Å². The van der Waals surface area contributed by atoms with E-state index in [0.29, 0.717) is 22.8 Å². The van der Waals surface area contributed by atoms with Crippen LogP contribution in [0.25, 0.3) is 0 Å². The lowest BCUT2D eigenvalue weighted by atomic mass is 10.2. The summed E-state index contributed by atoms with van der Waals surface area (Å²) < 4.78 is 6.38. The lowest BCUT2D eigenvalue weighted by molar-refractivity contribution is -0.118. The summed E-state index contributed by atoms with van der Waals surface area (Å²) in [5.74, 6) is 0.796. The van der Waals surface area contributed by atoms with E-state index in [4.69, 9.17) is 4.74 Å². The minimum atomic E-state index is -0.239. The first-order chi connectivity index (χ1) is 13.6. The van der Waals surface area contributed by atoms with E-state index >= 15 is 0 Å². The van der Waals surface area contributed by atoms with Crippen molar-refractivity contribution in [2.45, 2.75) is 4.90 Å². The summed E-state index contributed by atoms with van der Waals surface area (Å²) in [5, 5.41) is 2.81. The van der Waals surface area contributed by atoms with Crippen LogP contribution in [0.2, 0.25) is 0 Å². The molecule has 0 atom stereocenters. The topological polar surface area (TPSA) is 55.4 Å². The van der Waals surface area contributed by atoms with Gasteiger partial charge in [-0.05, 0) is 42.5 Å². The number of anilines is 1. The van der Waals surface area contributed by atoms with Crippen molar-refractivity contribution in [3.63, 3.8) is 0 Å². The van der Waals surface area contributed by atoms with E-state index in [1.54, 1.807) is 30.3 Å². The number of benzene rings is 3. The molecule has 4 nitrogen and oxygen atoms in total. The van der Waals surface area contributed by atoms with Crippen LogP contribution in [0, 0.1) is 0 Å². The predicted molar refractivity (Wildman–Crippen MR) is 116 cm³/mol. The number of ketones is 1. The Hall–Kier alpha value is -2.57. The molecule has 0 saturated heterocycles. The van der Waals surface area contributed by atoms with Gasteiger partial charge in [-0.25, -0.2) is 0 Å². The van der Waals surface area contributed by atoms with Crippen LogP contribution in [-0.4, -0.2) is 24.1 Å². The lowest BCUT2D eigenvalue weighted by Gasteiger charge is -2.09. The van der Waals surface area contributed by atoms with Gasteiger partial charge in [0, 0.05) is 20.6 Å². The SMILES string of the molecule is O=C(COc1ccccc1)Nc1cccc(SCC(=O)c2ccc(Br)cc2)c1. The van der Waals surface area contributed by atoms with E-state index in [1.807, 2.05) is 48.5 Å². The van der Waals surface area contributed by atoms with E-state index in [9.17, 15) is 9.59 Å². The molecule has 0 spiro atoms. The molecule has 0 heterocycles. The standard InChI is InChI=1S/C22H18BrNO3S/c23-17-11-9-16(10-12-17)21(25)15-28-20-8-4-5-18(13-20)24-22(26)14-27-19-6-2-1-3-7-19/h1-13H,14-15H2,(H,24,26). The molecule has 0 saturated carbocycles. The molecule has 1 amide bonds. The quantitative estimate of drug-likeness (QED) is 0.362. The van der Waals surface area contributed by atoms with Crippen LogP contribution in [0.15, 0.2) is 88.2 Å². The second kappa shape index (κ2) is 10.1. The lowest BCUT2D eigenvalue weighted by Crippen LogP contribution is -2.20. The molecule has 0 bridgehead atoms. The fourth-order valence-corrected chi connectivity index (χ4v) is 3.51. The number of thioether (sulfide) groups is 1. The van der Waals surface area contributed by atoms with Crippen molar-refractivity contribution in [2.24, 2.45) is 0 Å². The highest BCUT2D eigenvalue weighted by atomic mass is 79.9. The first kappa shape index (κ1) is 20.2. The van der Waals surface area contributed by atoms with Crippen molar-refractivity contribution < 1.29 is 14.3 Å². The van der Waals surface area contributed by atoms with Gasteiger partial charge in [-0.15, -0.1) is 11.8 Å². The average Bonchev–Trinajstić information content (AvgIpc) is 2.72. The van der Waals surface area contributed by atoms with E-state index in [1.165, 1.54) is 11.8 Å². The van der Waals surface area contributed by atoms with Gasteiger partial charge >= 0.3 is 0 Å². The van der Waals surface area contributed by atoms with Crippen LogP contribution in [-0.2, 0) is 4.79 Å². The second-order valence-electron chi connectivity index (χ2n) is 5.90. The molecule has 0 unspecified atom stereocenters. The van der Waals surface area contributed by atoms with E-state index in [-0.39, 0.29) is 18.3 Å². The maximum absolute atomic E-state index is 12.3. The third kappa shape index (κ3) is 6.25. The van der Waals surface area contributed by atoms with Crippen molar-refractivity contribution in [3.8, 4) is 5.75 Å². The van der Waals surface area contributed by atoms with Crippen LogP contribution in [0.4, 0.5) is 5.69 Å². The Morgan fingerprint density at radius 1 is 0.929 bits per heavy atom. The molecular weight excluding hydrogens is 438 g/mol. The Balaban J connectivity index is 1.51. The van der Waals surface area contributed by atoms with Crippen LogP contribution in [0.3, 0.4) is 0 Å². The number of para-hydroxylation sites is 1. The summed E-state index contributed by atoms with van der Waals surface area (Å²) in [7, 11) is 0. The van der Waals surface area contributed by atoms with Crippen molar-refractivity contribution in [2.75, 3.05) is 17.7 Å². The highest BCUT2D eigenvalue weighted by Gasteiger charge is 2.08. The Morgan fingerprint density at radius 3 is 2.43 bits per heavy atom. The minimum Gasteiger partial charge on any atom is -0.484 e. The molecule has 0 aliphatic heterocycles. The van der Waals surface area contributed by atoms with Crippen molar-refractivity contribution in [1.82, 2.24) is 0 Å². The molecule has 0 radical (unpaired) electrons. The molecular formula is C22H18BrNO3S. The minimum absolute atomic E-state index is 0.0585. The zero-order chi connectivity index (χ0) is 19.8. The van der Waals surface area contributed by atoms with Crippen LogP contribution < -0.4 is 10.1 Å². The fourth-order valence-electron chi connectivity index (χ4n) is 2.39. The number of halogens is 1. The smallest absolute Gasteiger partial charge is 0.262 e. The van der Waals surface area contributed by atoms with Crippen molar-refractivity contribution >= 4 is 45.1 Å². The van der Waals surface area contributed by atoms with E-state index < -0.39 is 0 Å². The zero-order valence-electron chi connectivity index (χ0n) is 14.9. The predicted octanol–water partition coefficient (Wildman–Crippen LogP) is 5.44. The van der Waals surface area contributed by atoms with Crippen LogP contribution in [0.5, 0.6) is 5.75 Å². The van der Waals surface area contributed by atoms with Gasteiger partial charge in [0.2, 0.25) is 0 Å². The number of carbonyl (C=O) groups is 2. The molecule has 142 valence electrons. The average molecular weight is 456 g/mol. The Bertz CT molecular complexity index is 946. The molecule has 3 aromatic carbocycles. The van der Waals surface area contributed by atoms with Crippen molar-refractivity contribution in [3.05, 3.63) is 88.9 Å². The van der Waals surface area contributed by atoms with Gasteiger partial charge in [-0.1, -0.05) is 52.3 Å². The van der Waals surface area contributed by atoms with Gasteiger partial charge in [-0.3, -0.25) is 9.59 Å². The third-order valence-electron chi connectivity index (χ3n) is 3.77. The Labute approximate surface area is 176 Å². The van der Waals surface area contributed by atoms with E-state index in [2.05, 4.69) is 21.2 Å². The molecule has 0 aliphatic carbocycles. The Morgan fingerprint density at radius 2 is 1.68 bits per heavy atom. The number of rotatable bonds is 8. The fraction of sp³-hybridized carbons (Fsp3) is 0.0909. The van der Waals surface area contributed by atoms with Gasteiger partial charge in [0.25, 0.3) is 5.91 Å². The van der Waals surface area contributed by atoms with Gasteiger partial charge < -0.3 is 10.1 Å². The summed E-state index contributed by atoms with van der Waals surface area (Å²) in [4.78, 5) is 25.3. The molecule has 0 aromatic heterocycles. The number of nitrogens with one attached hydrogen (secondary N) is 1. The maximum atomic E-state index is 12.3. The first-order valence-corrected chi connectivity index (χ1v) is 10.4. The molecule has 1 N–H and O–H groups in total. The summed E-state index contributed by atoms with van der Waals surface area (Å²) >= 11 is 4.80. The largest absolute Gasteiger partial charge is 0.484 e. The summed E-state index contributed by atoms with van der Waals surface area (Å²) in [6, 6.07) is 23.9. The molecule has 0 fully saturated rings. The molecule has 3 rings (SSSR count). The summed E-state index contributed by atoms with van der Waals surface area (Å²) in [5.41, 5.74) is 1.35. The summed E-state index contributed by atoms with van der Waals surface area (Å²) in [6.45, 7) is -0.0660.